The number of aryl methyl sites for hydroxylation is 1. The summed E-state index contributed by atoms with van der Waals surface area (Å²) < 4.78 is 13.2. The number of thioether (sulfide) groups is 1. The second kappa shape index (κ2) is 6.61. The van der Waals surface area contributed by atoms with E-state index in [1.807, 2.05) is 26.0 Å². The molecule has 0 atom stereocenters. The van der Waals surface area contributed by atoms with E-state index < -0.39 is 0 Å². The maximum absolute atomic E-state index is 13.2. The molecule has 3 nitrogen and oxygen atoms in total. The van der Waals surface area contributed by atoms with Crippen molar-refractivity contribution in [3.63, 3.8) is 0 Å². The van der Waals surface area contributed by atoms with E-state index in [2.05, 4.69) is 0 Å². The maximum atomic E-state index is 13.2. The van der Waals surface area contributed by atoms with E-state index in [1.165, 1.54) is 40.9 Å². The van der Waals surface area contributed by atoms with Gasteiger partial charge in [0.05, 0.1) is 16.2 Å². The van der Waals surface area contributed by atoms with Crippen molar-refractivity contribution < 1.29 is 14.0 Å². The third kappa shape index (κ3) is 2.87. The van der Waals surface area contributed by atoms with Crippen LogP contribution in [0.2, 0.25) is 0 Å². The van der Waals surface area contributed by atoms with Crippen molar-refractivity contribution in [1.29, 1.82) is 0 Å². The fourth-order valence-electron chi connectivity index (χ4n) is 2.66. The molecule has 2 aromatic carbocycles. The molecule has 0 aromatic heterocycles. The summed E-state index contributed by atoms with van der Waals surface area (Å²) in [7, 11) is 0. The molecule has 0 saturated carbocycles. The van der Waals surface area contributed by atoms with Gasteiger partial charge in [-0.25, -0.2) is 9.29 Å². The van der Waals surface area contributed by atoms with Gasteiger partial charge in [0.2, 0.25) is 0 Å². The van der Waals surface area contributed by atoms with Crippen molar-refractivity contribution in [2.45, 2.75) is 13.8 Å². The number of halogens is 1. The number of imide groups is 1. The molecule has 0 fully saturated rings. The molecule has 5 heteroatoms. The van der Waals surface area contributed by atoms with Gasteiger partial charge in [-0.2, -0.15) is 0 Å². The van der Waals surface area contributed by atoms with Crippen LogP contribution in [0.15, 0.2) is 53.4 Å². The summed E-state index contributed by atoms with van der Waals surface area (Å²) in [5.74, 6) is -0.401. The fraction of sp³-hybridized carbons (Fsp3) is 0.158. The van der Waals surface area contributed by atoms with Crippen LogP contribution in [0.4, 0.5) is 10.1 Å². The topological polar surface area (TPSA) is 37.4 Å². The minimum absolute atomic E-state index is 0.322. The highest BCUT2D eigenvalue weighted by atomic mass is 32.2. The molecule has 0 bridgehead atoms. The molecule has 1 aliphatic heterocycles. The average molecular weight is 341 g/mol. The Bertz CT molecular complexity index is 843. The normalized spacial score (nSPS) is 14.7. The van der Waals surface area contributed by atoms with Crippen molar-refractivity contribution >= 4 is 34.8 Å². The number of nitrogens with zero attached hydrogens (tertiary/aromatic N) is 1. The lowest BCUT2D eigenvalue weighted by molar-refractivity contribution is -0.119. The van der Waals surface area contributed by atoms with Crippen molar-refractivity contribution in [2.24, 2.45) is 0 Å². The first-order valence-electron chi connectivity index (χ1n) is 7.61. The van der Waals surface area contributed by atoms with Gasteiger partial charge in [-0.15, -0.1) is 11.8 Å². The number of anilines is 1. The number of carbonyl (C=O) groups is 2. The summed E-state index contributed by atoms with van der Waals surface area (Å²) >= 11 is 1.33. The minimum atomic E-state index is -0.378. The Morgan fingerprint density at radius 1 is 1.04 bits per heavy atom. The molecule has 24 heavy (non-hydrogen) atoms. The van der Waals surface area contributed by atoms with Gasteiger partial charge in [-0.05, 0) is 48.1 Å². The Labute approximate surface area is 144 Å². The van der Waals surface area contributed by atoms with Gasteiger partial charge in [0.15, 0.2) is 0 Å². The lowest BCUT2D eigenvalue weighted by Crippen LogP contribution is -2.31. The van der Waals surface area contributed by atoms with Crippen LogP contribution >= 0.6 is 11.8 Å². The number of hydrogen-bond acceptors (Lipinski definition) is 3. The van der Waals surface area contributed by atoms with Gasteiger partial charge in [0, 0.05) is 0 Å². The van der Waals surface area contributed by atoms with Gasteiger partial charge < -0.3 is 0 Å². The first kappa shape index (κ1) is 16.5. The Kier molecular flexibility index (Phi) is 4.53. The molecule has 3 rings (SSSR count). The van der Waals surface area contributed by atoms with Crippen LogP contribution in [0.5, 0.6) is 0 Å². The second-order valence-electron chi connectivity index (χ2n) is 5.43. The standard InChI is InChI=1S/C19H16FNO2S/c1-3-24-17-16(13-7-9-14(20)10-8-13)18(22)21(19(17)23)15-6-4-5-12(2)11-15/h4-11H,3H2,1-2H3. The number of benzene rings is 2. The molecule has 0 radical (unpaired) electrons. The summed E-state index contributed by atoms with van der Waals surface area (Å²) in [5.41, 5.74) is 2.42. The lowest BCUT2D eigenvalue weighted by atomic mass is 10.1. The summed E-state index contributed by atoms with van der Waals surface area (Å²) in [6.45, 7) is 3.83. The van der Waals surface area contributed by atoms with E-state index in [0.717, 1.165) is 5.56 Å². The molecule has 0 spiro atoms. The van der Waals surface area contributed by atoms with Gasteiger partial charge in [0.25, 0.3) is 11.8 Å². The van der Waals surface area contributed by atoms with Crippen LogP contribution < -0.4 is 4.90 Å². The molecular weight excluding hydrogens is 325 g/mol. The molecule has 0 N–H and O–H groups in total. The van der Waals surface area contributed by atoms with Crippen LogP contribution in [0, 0.1) is 12.7 Å². The minimum Gasteiger partial charge on any atom is -0.268 e. The number of amides is 2. The Hall–Kier alpha value is -2.40. The molecule has 1 heterocycles. The highest BCUT2D eigenvalue weighted by molar-refractivity contribution is 8.04. The summed E-state index contributed by atoms with van der Waals surface area (Å²) in [6, 6.07) is 12.9. The SMILES string of the molecule is CCSC1=C(c2ccc(F)cc2)C(=O)N(c2cccc(C)c2)C1=O. The molecular formula is C19H16FNO2S. The molecule has 122 valence electrons. The smallest absolute Gasteiger partial charge is 0.268 e. The number of hydrogen-bond donors (Lipinski definition) is 0. The van der Waals surface area contributed by atoms with E-state index in [0.29, 0.717) is 27.5 Å². The lowest BCUT2D eigenvalue weighted by Gasteiger charge is -2.15. The van der Waals surface area contributed by atoms with E-state index in [-0.39, 0.29) is 17.6 Å². The van der Waals surface area contributed by atoms with Crippen LogP contribution in [0.25, 0.3) is 5.57 Å². The Morgan fingerprint density at radius 3 is 2.38 bits per heavy atom. The zero-order chi connectivity index (χ0) is 17.3. The highest BCUT2D eigenvalue weighted by Crippen LogP contribution is 2.38. The van der Waals surface area contributed by atoms with E-state index in [9.17, 15) is 14.0 Å². The summed E-state index contributed by atoms with van der Waals surface area (Å²) in [4.78, 5) is 27.4. The Morgan fingerprint density at radius 2 is 1.75 bits per heavy atom. The van der Waals surface area contributed by atoms with E-state index in [4.69, 9.17) is 0 Å². The maximum Gasteiger partial charge on any atom is 0.272 e. The molecule has 0 unspecified atom stereocenters. The van der Waals surface area contributed by atoms with Crippen molar-refractivity contribution in [1.82, 2.24) is 0 Å². The predicted molar refractivity (Wildman–Crippen MR) is 95.1 cm³/mol. The fourth-order valence-corrected chi connectivity index (χ4v) is 3.51. The zero-order valence-electron chi connectivity index (χ0n) is 13.4. The van der Waals surface area contributed by atoms with E-state index in [1.54, 1.807) is 12.1 Å². The van der Waals surface area contributed by atoms with Crippen molar-refractivity contribution in [3.8, 4) is 0 Å². The molecule has 2 aromatic rings. The van der Waals surface area contributed by atoms with Crippen LogP contribution in [-0.4, -0.2) is 17.6 Å². The molecule has 0 aliphatic carbocycles. The molecule has 1 aliphatic rings. The molecule has 2 amide bonds. The summed E-state index contributed by atoms with van der Waals surface area (Å²) in [6.07, 6.45) is 0. The van der Waals surface area contributed by atoms with Crippen LogP contribution in [0.3, 0.4) is 0 Å². The highest BCUT2D eigenvalue weighted by Gasteiger charge is 2.39. The largest absolute Gasteiger partial charge is 0.272 e. The summed E-state index contributed by atoms with van der Waals surface area (Å²) in [5, 5.41) is 0. The number of carbonyl (C=O) groups excluding carboxylic acids is 2. The zero-order valence-corrected chi connectivity index (χ0v) is 14.2. The monoisotopic (exact) mass is 341 g/mol. The van der Waals surface area contributed by atoms with Gasteiger partial charge in [-0.3, -0.25) is 9.59 Å². The quantitative estimate of drug-likeness (QED) is 0.783. The Balaban J connectivity index is 2.09. The third-order valence-corrected chi connectivity index (χ3v) is 4.68. The second-order valence-corrected chi connectivity index (χ2v) is 6.70. The first-order valence-corrected chi connectivity index (χ1v) is 8.60. The third-order valence-electron chi connectivity index (χ3n) is 3.72. The first-order chi connectivity index (χ1) is 11.5. The van der Waals surface area contributed by atoms with Crippen molar-refractivity contribution in [3.05, 3.63) is 70.4 Å². The van der Waals surface area contributed by atoms with Crippen LogP contribution in [-0.2, 0) is 9.59 Å². The molecule has 0 saturated heterocycles. The predicted octanol–water partition coefficient (Wildman–Crippen LogP) is 4.17. The van der Waals surface area contributed by atoms with Crippen molar-refractivity contribution in [2.75, 3.05) is 10.7 Å². The van der Waals surface area contributed by atoms with Crippen LogP contribution in [0.1, 0.15) is 18.1 Å². The van der Waals surface area contributed by atoms with Gasteiger partial charge in [0.1, 0.15) is 5.82 Å². The van der Waals surface area contributed by atoms with Gasteiger partial charge in [-0.1, -0.05) is 31.2 Å². The van der Waals surface area contributed by atoms with Gasteiger partial charge >= 0.3 is 0 Å². The average Bonchev–Trinajstić information content (AvgIpc) is 2.80. The van der Waals surface area contributed by atoms with E-state index >= 15 is 0 Å². The number of rotatable bonds is 4.